The molecule has 72 valence electrons. The molecule has 1 atom stereocenters. The molecule has 1 rings (SSSR count). The summed E-state index contributed by atoms with van der Waals surface area (Å²) in [7, 11) is 1.64. The maximum Gasteiger partial charge on any atom is 0.149 e. The number of ether oxygens (including phenoxy) is 1. The largest absolute Gasteiger partial charge is 0.362 e. The van der Waals surface area contributed by atoms with Crippen LogP contribution in [-0.2, 0) is 4.74 Å². The minimum absolute atomic E-state index is 0.0484. The quantitative estimate of drug-likeness (QED) is 0.757. The molecule has 13 heavy (non-hydrogen) atoms. The Morgan fingerprint density at radius 1 is 1.62 bits per heavy atom. The molecule has 0 aliphatic carbocycles. The minimum atomic E-state index is -0.0484. The van der Waals surface area contributed by atoms with E-state index in [-0.39, 0.29) is 6.23 Å². The molecule has 0 fully saturated rings. The summed E-state index contributed by atoms with van der Waals surface area (Å²) in [6, 6.07) is 0. The van der Waals surface area contributed by atoms with E-state index in [0.717, 1.165) is 6.42 Å². The van der Waals surface area contributed by atoms with E-state index in [4.69, 9.17) is 16.3 Å². The van der Waals surface area contributed by atoms with Crippen LogP contribution in [0.5, 0.6) is 0 Å². The highest BCUT2D eigenvalue weighted by Gasteiger charge is 2.04. The predicted molar refractivity (Wildman–Crippen MR) is 51.8 cm³/mol. The molecular formula is C8H12ClN3O. The van der Waals surface area contributed by atoms with Gasteiger partial charge in [-0.15, -0.1) is 0 Å². The van der Waals surface area contributed by atoms with Gasteiger partial charge in [-0.05, 0) is 6.42 Å². The number of halogens is 1. The van der Waals surface area contributed by atoms with E-state index in [9.17, 15) is 0 Å². The van der Waals surface area contributed by atoms with Crippen LogP contribution >= 0.6 is 11.6 Å². The molecule has 0 aliphatic heterocycles. The summed E-state index contributed by atoms with van der Waals surface area (Å²) in [6.45, 7) is 2.01. The number of methoxy groups -OCH3 is 1. The summed E-state index contributed by atoms with van der Waals surface area (Å²) >= 11 is 5.66. The third-order valence-electron chi connectivity index (χ3n) is 1.57. The normalized spacial score (nSPS) is 12.5. The summed E-state index contributed by atoms with van der Waals surface area (Å²) in [5.41, 5.74) is 0. The van der Waals surface area contributed by atoms with E-state index in [1.807, 2.05) is 6.92 Å². The Bertz CT molecular complexity index is 265. The van der Waals surface area contributed by atoms with Gasteiger partial charge in [0, 0.05) is 7.11 Å². The lowest BCUT2D eigenvalue weighted by Gasteiger charge is -2.14. The van der Waals surface area contributed by atoms with Crippen LogP contribution in [0.3, 0.4) is 0 Å². The zero-order chi connectivity index (χ0) is 9.68. The monoisotopic (exact) mass is 201 g/mol. The van der Waals surface area contributed by atoms with E-state index in [2.05, 4.69) is 15.3 Å². The molecule has 0 aromatic carbocycles. The van der Waals surface area contributed by atoms with Crippen LogP contribution < -0.4 is 5.32 Å². The molecule has 0 spiro atoms. The summed E-state index contributed by atoms with van der Waals surface area (Å²) in [6.07, 6.45) is 3.89. The van der Waals surface area contributed by atoms with Crippen LogP contribution in [0.25, 0.3) is 0 Å². The van der Waals surface area contributed by atoms with Gasteiger partial charge in [-0.2, -0.15) is 0 Å². The van der Waals surface area contributed by atoms with Gasteiger partial charge in [-0.25, -0.2) is 4.98 Å². The molecule has 0 bridgehead atoms. The first-order chi connectivity index (χ1) is 6.26. The van der Waals surface area contributed by atoms with Crippen LogP contribution in [0, 0.1) is 0 Å². The van der Waals surface area contributed by atoms with Crippen LogP contribution in [0.2, 0.25) is 5.15 Å². The van der Waals surface area contributed by atoms with Gasteiger partial charge in [0.25, 0.3) is 0 Å². The molecule has 1 aromatic heterocycles. The molecule has 0 saturated carbocycles. The summed E-state index contributed by atoms with van der Waals surface area (Å²) < 4.78 is 5.12. The SMILES string of the molecule is CC[C@@H](Nc1cncc(Cl)n1)OC. The zero-order valence-corrected chi connectivity index (χ0v) is 8.38. The first kappa shape index (κ1) is 10.2. The first-order valence-corrected chi connectivity index (χ1v) is 4.41. The first-order valence-electron chi connectivity index (χ1n) is 4.03. The van der Waals surface area contributed by atoms with Crippen LogP contribution in [-0.4, -0.2) is 23.3 Å². The average molecular weight is 202 g/mol. The number of hydrogen-bond donors (Lipinski definition) is 1. The number of anilines is 1. The molecule has 0 unspecified atom stereocenters. The van der Waals surface area contributed by atoms with E-state index < -0.39 is 0 Å². The molecule has 4 nitrogen and oxygen atoms in total. The highest BCUT2D eigenvalue weighted by atomic mass is 35.5. The highest BCUT2D eigenvalue weighted by Crippen LogP contribution is 2.09. The third kappa shape index (κ3) is 3.16. The average Bonchev–Trinajstić information content (AvgIpc) is 2.14. The molecule has 0 aliphatic rings. The summed E-state index contributed by atoms with van der Waals surface area (Å²) in [5.74, 6) is 0.626. The van der Waals surface area contributed by atoms with Gasteiger partial charge in [0.05, 0.1) is 12.4 Å². The van der Waals surface area contributed by atoms with Crippen LogP contribution in [0.1, 0.15) is 13.3 Å². The second-order valence-corrected chi connectivity index (χ2v) is 2.89. The highest BCUT2D eigenvalue weighted by molar-refractivity contribution is 6.29. The molecule has 1 heterocycles. The fourth-order valence-electron chi connectivity index (χ4n) is 0.904. The summed E-state index contributed by atoms with van der Waals surface area (Å²) in [4.78, 5) is 7.91. The molecule has 5 heteroatoms. The Labute approximate surface area is 82.3 Å². The fourth-order valence-corrected chi connectivity index (χ4v) is 1.05. The number of nitrogens with zero attached hydrogens (tertiary/aromatic N) is 2. The Balaban J connectivity index is 2.62. The van der Waals surface area contributed by atoms with Gasteiger partial charge in [-0.3, -0.25) is 4.98 Å². The molecule has 0 radical (unpaired) electrons. The smallest absolute Gasteiger partial charge is 0.149 e. The van der Waals surface area contributed by atoms with E-state index >= 15 is 0 Å². The fraction of sp³-hybridized carbons (Fsp3) is 0.500. The van der Waals surface area contributed by atoms with Crippen molar-refractivity contribution in [2.75, 3.05) is 12.4 Å². The molecule has 1 aromatic rings. The second-order valence-electron chi connectivity index (χ2n) is 2.50. The number of aromatic nitrogens is 2. The molecule has 0 amide bonds. The Morgan fingerprint density at radius 3 is 2.92 bits per heavy atom. The van der Waals surface area contributed by atoms with Gasteiger partial charge in [-0.1, -0.05) is 18.5 Å². The van der Waals surface area contributed by atoms with Crippen molar-refractivity contribution in [1.82, 2.24) is 9.97 Å². The van der Waals surface area contributed by atoms with Gasteiger partial charge < -0.3 is 10.1 Å². The second kappa shape index (κ2) is 4.99. The zero-order valence-electron chi connectivity index (χ0n) is 7.62. The van der Waals surface area contributed by atoms with Crippen molar-refractivity contribution >= 4 is 17.4 Å². The molecule has 0 saturated heterocycles. The van der Waals surface area contributed by atoms with Gasteiger partial charge >= 0.3 is 0 Å². The lowest BCUT2D eigenvalue weighted by molar-refractivity contribution is 0.122. The van der Waals surface area contributed by atoms with Gasteiger partial charge in [0.2, 0.25) is 0 Å². The van der Waals surface area contributed by atoms with Gasteiger partial charge in [0.1, 0.15) is 17.2 Å². The van der Waals surface area contributed by atoms with Crippen molar-refractivity contribution in [2.45, 2.75) is 19.6 Å². The van der Waals surface area contributed by atoms with Crippen molar-refractivity contribution in [3.05, 3.63) is 17.5 Å². The van der Waals surface area contributed by atoms with Crippen LogP contribution in [0.15, 0.2) is 12.4 Å². The van der Waals surface area contributed by atoms with Crippen LogP contribution in [0.4, 0.5) is 5.82 Å². The summed E-state index contributed by atoms with van der Waals surface area (Å²) in [5, 5.41) is 3.41. The van der Waals surface area contributed by atoms with Crippen molar-refractivity contribution in [3.63, 3.8) is 0 Å². The van der Waals surface area contributed by atoms with E-state index in [1.165, 1.54) is 6.20 Å². The minimum Gasteiger partial charge on any atom is -0.362 e. The molecular weight excluding hydrogens is 190 g/mol. The maximum atomic E-state index is 5.66. The predicted octanol–water partition coefficient (Wildman–Crippen LogP) is 1.92. The standard InChI is InChI=1S/C8H12ClN3O/c1-3-8(13-2)12-7-5-10-4-6(9)11-7/h4-5,8H,3H2,1-2H3,(H,11,12)/t8-/m0/s1. The lowest BCUT2D eigenvalue weighted by Crippen LogP contribution is -2.21. The lowest BCUT2D eigenvalue weighted by atomic mass is 10.4. The Morgan fingerprint density at radius 2 is 2.38 bits per heavy atom. The molecule has 1 N–H and O–H groups in total. The maximum absolute atomic E-state index is 5.66. The van der Waals surface area contributed by atoms with E-state index in [0.29, 0.717) is 11.0 Å². The van der Waals surface area contributed by atoms with Crippen molar-refractivity contribution < 1.29 is 4.74 Å². The van der Waals surface area contributed by atoms with Crippen molar-refractivity contribution in [2.24, 2.45) is 0 Å². The number of hydrogen-bond acceptors (Lipinski definition) is 4. The number of rotatable bonds is 4. The van der Waals surface area contributed by atoms with Gasteiger partial charge in [0.15, 0.2) is 0 Å². The third-order valence-corrected chi connectivity index (χ3v) is 1.75. The van der Waals surface area contributed by atoms with E-state index in [1.54, 1.807) is 13.3 Å². The Hall–Kier alpha value is -0.870. The van der Waals surface area contributed by atoms with Crippen molar-refractivity contribution in [3.8, 4) is 0 Å². The Kier molecular flexibility index (Phi) is 3.92. The van der Waals surface area contributed by atoms with Crippen molar-refractivity contribution in [1.29, 1.82) is 0 Å². The topological polar surface area (TPSA) is 47.0 Å². The number of nitrogens with one attached hydrogen (secondary N) is 1.